The standard InChI is InChI=1S/C8H7NO2S/c1-11-7-3-2-5-6(10)4-12-8(5)9-7/h2-4,10H,1H3. The van der Waals surface area contributed by atoms with Crippen LogP contribution in [-0.2, 0) is 0 Å². The van der Waals surface area contributed by atoms with Crippen LogP contribution in [0.3, 0.4) is 0 Å². The van der Waals surface area contributed by atoms with E-state index in [4.69, 9.17) is 4.74 Å². The Kier molecular flexibility index (Phi) is 1.62. The lowest BCUT2D eigenvalue weighted by Crippen LogP contribution is -1.84. The summed E-state index contributed by atoms with van der Waals surface area (Å²) in [5.41, 5.74) is 0. The number of fused-ring (bicyclic) bond motifs is 1. The van der Waals surface area contributed by atoms with Gasteiger partial charge in [-0.1, -0.05) is 0 Å². The maximum atomic E-state index is 9.30. The van der Waals surface area contributed by atoms with Crippen molar-refractivity contribution in [3.05, 3.63) is 17.5 Å². The first-order valence-electron chi connectivity index (χ1n) is 3.42. The second-order valence-electron chi connectivity index (χ2n) is 2.33. The Bertz CT molecular complexity index is 410. The summed E-state index contributed by atoms with van der Waals surface area (Å²) in [4.78, 5) is 4.95. The Balaban J connectivity index is 2.69. The summed E-state index contributed by atoms with van der Waals surface area (Å²) < 4.78 is 4.95. The summed E-state index contributed by atoms with van der Waals surface area (Å²) in [5.74, 6) is 0.856. The van der Waals surface area contributed by atoms with E-state index < -0.39 is 0 Å². The first kappa shape index (κ1) is 7.36. The van der Waals surface area contributed by atoms with Crippen molar-refractivity contribution in [3.8, 4) is 11.6 Å². The molecule has 1 N–H and O–H groups in total. The first-order valence-corrected chi connectivity index (χ1v) is 4.30. The van der Waals surface area contributed by atoms with Crippen LogP contribution in [0, 0.1) is 0 Å². The van der Waals surface area contributed by atoms with E-state index in [0.717, 1.165) is 10.2 Å². The van der Waals surface area contributed by atoms with Crippen LogP contribution >= 0.6 is 11.3 Å². The van der Waals surface area contributed by atoms with E-state index in [9.17, 15) is 5.11 Å². The van der Waals surface area contributed by atoms with Gasteiger partial charge in [0.15, 0.2) is 0 Å². The van der Waals surface area contributed by atoms with Crippen molar-refractivity contribution in [3.63, 3.8) is 0 Å². The van der Waals surface area contributed by atoms with Crippen LogP contribution < -0.4 is 4.74 Å². The molecular formula is C8H7NO2S. The molecular weight excluding hydrogens is 174 g/mol. The van der Waals surface area contributed by atoms with Gasteiger partial charge in [0.25, 0.3) is 0 Å². The van der Waals surface area contributed by atoms with Crippen LogP contribution in [0.15, 0.2) is 17.5 Å². The number of rotatable bonds is 1. The molecule has 0 fully saturated rings. The summed E-state index contributed by atoms with van der Waals surface area (Å²) in [7, 11) is 1.57. The third-order valence-electron chi connectivity index (χ3n) is 1.60. The highest BCUT2D eigenvalue weighted by Crippen LogP contribution is 2.30. The number of hydrogen-bond donors (Lipinski definition) is 1. The number of thiophene rings is 1. The molecule has 0 aliphatic carbocycles. The molecule has 0 atom stereocenters. The third kappa shape index (κ3) is 1.00. The molecule has 0 bridgehead atoms. The minimum absolute atomic E-state index is 0.283. The second kappa shape index (κ2) is 2.64. The molecule has 62 valence electrons. The molecule has 0 saturated carbocycles. The summed E-state index contributed by atoms with van der Waals surface area (Å²) in [6, 6.07) is 3.53. The fourth-order valence-electron chi connectivity index (χ4n) is 0.997. The Morgan fingerprint density at radius 3 is 3.08 bits per heavy atom. The van der Waals surface area contributed by atoms with Gasteiger partial charge in [-0.2, -0.15) is 0 Å². The molecule has 4 heteroatoms. The Morgan fingerprint density at radius 2 is 2.33 bits per heavy atom. The van der Waals surface area contributed by atoms with Gasteiger partial charge in [0, 0.05) is 11.4 Å². The quantitative estimate of drug-likeness (QED) is 0.731. The zero-order chi connectivity index (χ0) is 8.55. The molecule has 3 nitrogen and oxygen atoms in total. The number of pyridine rings is 1. The molecule has 0 aliphatic heterocycles. The number of aromatic nitrogens is 1. The number of hydrogen-bond acceptors (Lipinski definition) is 4. The van der Waals surface area contributed by atoms with Crippen LogP contribution in [0.5, 0.6) is 11.6 Å². The van der Waals surface area contributed by atoms with Gasteiger partial charge in [-0.25, -0.2) is 4.98 Å². The summed E-state index contributed by atoms with van der Waals surface area (Å²) >= 11 is 1.40. The molecule has 2 rings (SSSR count). The lowest BCUT2D eigenvalue weighted by molar-refractivity contribution is 0.399. The van der Waals surface area contributed by atoms with Gasteiger partial charge in [0.05, 0.1) is 12.5 Å². The Morgan fingerprint density at radius 1 is 1.50 bits per heavy atom. The van der Waals surface area contributed by atoms with Crippen LogP contribution in [-0.4, -0.2) is 17.2 Å². The first-order chi connectivity index (χ1) is 5.81. The van der Waals surface area contributed by atoms with Gasteiger partial charge in [-0.3, -0.25) is 0 Å². The van der Waals surface area contributed by atoms with Gasteiger partial charge in [0.1, 0.15) is 10.6 Å². The maximum Gasteiger partial charge on any atom is 0.214 e. The van der Waals surface area contributed by atoms with Crippen molar-refractivity contribution in [1.82, 2.24) is 4.98 Å². The highest BCUT2D eigenvalue weighted by atomic mass is 32.1. The van der Waals surface area contributed by atoms with Gasteiger partial charge in [-0.15, -0.1) is 11.3 Å². The fourth-order valence-corrected chi connectivity index (χ4v) is 1.79. The van der Waals surface area contributed by atoms with Gasteiger partial charge < -0.3 is 9.84 Å². The number of aromatic hydroxyl groups is 1. The van der Waals surface area contributed by atoms with E-state index >= 15 is 0 Å². The SMILES string of the molecule is COc1ccc2c(O)csc2n1. The van der Waals surface area contributed by atoms with Crippen molar-refractivity contribution in [2.24, 2.45) is 0 Å². The van der Waals surface area contributed by atoms with E-state index in [1.807, 2.05) is 0 Å². The normalized spacial score (nSPS) is 10.4. The van der Waals surface area contributed by atoms with Crippen molar-refractivity contribution in [2.45, 2.75) is 0 Å². The van der Waals surface area contributed by atoms with Crippen LogP contribution in [0.1, 0.15) is 0 Å². The smallest absolute Gasteiger partial charge is 0.214 e. The van der Waals surface area contributed by atoms with Crippen molar-refractivity contribution in [1.29, 1.82) is 0 Å². The number of ether oxygens (including phenoxy) is 1. The van der Waals surface area contributed by atoms with Gasteiger partial charge >= 0.3 is 0 Å². The minimum Gasteiger partial charge on any atom is -0.506 e. The largest absolute Gasteiger partial charge is 0.506 e. The molecule has 2 aromatic heterocycles. The monoisotopic (exact) mass is 181 g/mol. The zero-order valence-corrected chi connectivity index (χ0v) is 7.26. The topological polar surface area (TPSA) is 42.4 Å². The molecule has 0 spiro atoms. The molecule has 2 aromatic rings. The van der Waals surface area contributed by atoms with Gasteiger partial charge in [0.2, 0.25) is 5.88 Å². The lowest BCUT2D eigenvalue weighted by Gasteiger charge is -1.96. The number of methoxy groups -OCH3 is 1. The summed E-state index contributed by atoms with van der Waals surface area (Å²) in [5, 5.41) is 11.7. The molecule has 0 aromatic carbocycles. The van der Waals surface area contributed by atoms with Crippen molar-refractivity contribution in [2.75, 3.05) is 7.11 Å². The Labute approximate surface area is 73.2 Å². The average Bonchev–Trinajstić information content (AvgIpc) is 2.47. The van der Waals surface area contributed by atoms with E-state index in [2.05, 4.69) is 4.98 Å². The van der Waals surface area contributed by atoms with Crippen molar-refractivity contribution < 1.29 is 9.84 Å². The zero-order valence-electron chi connectivity index (χ0n) is 6.44. The van der Waals surface area contributed by atoms with Crippen molar-refractivity contribution >= 4 is 21.6 Å². The predicted octanol–water partition coefficient (Wildman–Crippen LogP) is 2.01. The van der Waals surface area contributed by atoms with E-state index in [0.29, 0.717) is 5.88 Å². The maximum absolute atomic E-state index is 9.30. The fraction of sp³-hybridized carbons (Fsp3) is 0.125. The number of nitrogens with zero attached hydrogens (tertiary/aromatic N) is 1. The minimum atomic E-state index is 0.283. The Hall–Kier alpha value is -1.29. The lowest BCUT2D eigenvalue weighted by atomic mass is 10.3. The summed E-state index contributed by atoms with van der Waals surface area (Å²) in [6.45, 7) is 0. The van der Waals surface area contributed by atoms with Gasteiger partial charge in [-0.05, 0) is 6.07 Å². The van der Waals surface area contributed by atoms with Crippen LogP contribution in [0.25, 0.3) is 10.2 Å². The molecule has 12 heavy (non-hydrogen) atoms. The molecule has 0 aliphatic rings. The van der Waals surface area contributed by atoms with Crippen LogP contribution in [0.2, 0.25) is 0 Å². The molecule has 0 radical (unpaired) electrons. The molecule has 0 saturated heterocycles. The predicted molar refractivity (Wildman–Crippen MR) is 47.8 cm³/mol. The second-order valence-corrected chi connectivity index (χ2v) is 3.19. The molecule has 0 amide bonds. The molecule has 0 unspecified atom stereocenters. The summed E-state index contributed by atoms with van der Waals surface area (Å²) in [6.07, 6.45) is 0. The van der Waals surface area contributed by atoms with E-state index in [1.54, 1.807) is 24.6 Å². The highest BCUT2D eigenvalue weighted by molar-refractivity contribution is 7.17. The van der Waals surface area contributed by atoms with E-state index in [1.165, 1.54) is 11.3 Å². The highest BCUT2D eigenvalue weighted by Gasteiger charge is 2.03. The van der Waals surface area contributed by atoms with E-state index in [-0.39, 0.29) is 5.75 Å². The average molecular weight is 181 g/mol. The van der Waals surface area contributed by atoms with Crippen LogP contribution in [0.4, 0.5) is 0 Å². The third-order valence-corrected chi connectivity index (χ3v) is 2.48. The molecule has 2 heterocycles.